The van der Waals surface area contributed by atoms with Gasteiger partial charge in [0.05, 0.1) is 5.56 Å². The number of benzene rings is 2. The molecule has 0 saturated heterocycles. The highest BCUT2D eigenvalue weighted by Gasteiger charge is 2.09. The fourth-order valence-electron chi connectivity index (χ4n) is 1.52. The average Bonchev–Trinajstić information content (AvgIpc) is 2.38. The van der Waals surface area contributed by atoms with Crippen LogP contribution in [0.15, 0.2) is 48.5 Å². The fraction of sp³-hybridized carbons (Fsp3) is 0.0667. The third kappa shape index (κ3) is 3.83. The molecule has 0 fully saturated rings. The average molecular weight is 291 g/mol. The predicted octanol–water partition coefficient (Wildman–Crippen LogP) is 3.48. The second-order valence-corrected chi connectivity index (χ2v) is 4.40. The van der Waals surface area contributed by atoms with E-state index in [0.29, 0.717) is 22.1 Å². The first-order valence-corrected chi connectivity index (χ1v) is 6.18. The Balaban J connectivity index is 2.07. The lowest BCUT2D eigenvalue weighted by molar-refractivity contribution is -0.131. The van der Waals surface area contributed by atoms with Crippen molar-refractivity contribution in [1.29, 1.82) is 0 Å². The van der Waals surface area contributed by atoms with E-state index in [0.717, 1.165) is 0 Å². The van der Waals surface area contributed by atoms with Gasteiger partial charge in [0.1, 0.15) is 11.5 Å². The number of carbonyl (C=O) groups excluding carboxylic acids is 2. The monoisotopic (exact) mass is 290 g/mol. The molecular formula is C15H11ClO4. The van der Waals surface area contributed by atoms with Crippen molar-refractivity contribution in [2.24, 2.45) is 0 Å². The molecule has 20 heavy (non-hydrogen) atoms. The molecule has 0 aliphatic heterocycles. The van der Waals surface area contributed by atoms with Crippen LogP contribution in [0.4, 0.5) is 0 Å². The Kier molecular flexibility index (Phi) is 4.38. The van der Waals surface area contributed by atoms with Crippen LogP contribution in [0.2, 0.25) is 5.02 Å². The molecule has 0 spiro atoms. The molecule has 0 amide bonds. The largest absolute Gasteiger partial charge is 0.427 e. The van der Waals surface area contributed by atoms with E-state index in [1.807, 2.05) is 0 Å². The maximum Gasteiger partial charge on any atom is 0.343 e. The summed E-state index contributed by atoms with van der Waals surface area (Å²) < 4.78 is 10.0. The Morgan fingerprint density at radius 2 is 1.65 bits per heavy atom. The maximum absolute atomic E-state index is 11.9. The van der Waals surface area contributed by atoms with Crippen molar-refractivity contribution in [2.75, 3.05) is 0 Å². The van der Waals surface area contributed by atoms with Crippen molar-refractivity contribution in [3.8, 4) is 11.5 Å². The Labute approximate surface area is 120 Å². The van der Waals surface area contributed by atoms with Crippen molar-refractivity contribution in [2.45, 2.75) is 6.92 Å². The SMILES string of the molecule is CC(=O)Oc1ccc(C(=O)Oc2cccc(Cl)c2)cc1. The van der Waals surface area contributed by atoms with Crippen LogP contribution < -0.4 is 9.47 Å². The van der Waals surface area contributed by atoms with Crippen LogP contribution in [0.25, 0.3) is 0 Å². The van der Waals surface area contributed by atoms with E-state index < -0.39 is 11.9 Å². The van der Waals surface area contributed by atoms with Gasteiger partial charge in [0.25, 0.3) is 0 Å². The van der Waals surface area contributed by atoms with Crippen molar-refractivity contribution < 1.29 is 19.1 Å². The minimum absolute atomic E-state index is 0.348. The van der Waals surface area contributed by atoms with Crippen molar-refractivity contribution in [1.82, 2.24) is 0 Å². The van der Waals surface area contributed by atoms with E-state index in [1.54, 1.807) is 24.3 Å². The van der Waals surface area contributed by atoms with Gasteiger partial charge < -0.3 is 9.47 Å². The number of hydrogen-bond acceptors (Lipinski definition) is 4. The topological polar surface area (TPSA) is 52.6 Å². The zero-order valence-electron chi connectivity index (χ0n) is 10.6. The summed E-state index contributed by atoms with van der Waals surface area (Å²) in [7, 11) is 0. The molecule has 2 aromatic carbocycles. The summed E-state index contributed by atoms with van der Waals surface area (Å²) in [4.78, 5) is 22.7. The van der Waals surface area contributed by atoms with Gasteiger partial charge in [-0.05, 0) is 42.5 Å². The van der Waals surface area contributed by atoms with Crippen LogP contribution in [0.3, 0.4) is 0 Å². The van der Waals surface area contributed by atoms with Crippen LogP contribution in [-0.4, -0.2) is 11.9 Å². The van der Waals surface area contributed by atoms with Gasteiger partial charge in [-0.15, -0.1) is 0 Å². The Bertz CT molecular complexity index is 635. The standard InChI is InChI=1S/C15H11ClO4/c1-10(17)19-13-7-5-11(6-8-13)15(18)20-14-4-2-3-12(16)9-14/h2-9H,1H3. The highest BCUT2D eigenvalue weighted by atomic mass is 35.5. The lowest BCUT2D eigenvalue weighted by atomic mass is 10.2. The van der Waals surface area contributed by atoms with Crippen LogP contribution in [0.1, 0.15) is 17.3 Å². The first-order chi connectivity index (χ1) is 9.54. The van der Waals surface area contributed by atoms with E-state index in [9.17, 15) is 9.59 Å². The smallest absolute Gasteiger partial charge is 0.343 e. The Morgan fingerprint density at radius 1 is 0.950 bits per heavy atom. The summed E-state index contributed by atoms with van der Waals surface area (Å²) in [5.41, 5.74) is 0.348. The maximum atomic E-state index is 11.9. The molecule has 0 radical (unpaired) electrons. The van der Waals surface area contributed by atoms with E-state index in [1.165, 1.54) is 31.2 Å². The third-order valence-corrected chi connectivity index (χ3v) is 2.59. The summed E-state index contributed by atoms with van der Waals surface area (Å²) >= 11 is 5.80. The molecule has 0 aromatic heterocycles. The van der Waals surface area contributed by atoms with E-state index >= 15 is 0 Å². The molecule has 0 aliphatic carbocycles. The molecule has 0 saturated carbocycles. The summed E-state index contributed by atoms with van der Waals surface area (Å²) in [5, 5.41) is 0.487. The molecule has 0 heterocycles. The molecule has 4 nitrogen and oxygen atoms in total. The van der Waals surface area contributed by atoms with E-state index in [2.05, 4.69) is 0 Å². The van der Waals surface area contributed by atoms with Crippen LogP contribution in [0.5, 0.6) is 11.5 Å². The normalized spacial score (nSPS) is 9.90. The van der Waals surface area contributed by atoms with Crippen LogP contribution in [0, 0.1) is 0 Å². The quantitative estimate of drug-likeness (QED) is 0.641. The molecule has 102 valence electrons. The molecule has 0 atom stereocenters. The first kappa shape index (κ1) is 14.1. The minimum Gasteiger partial charge on any atom is -0.427 e. The predicted molar refractivity (Wildman–Crippen MR) is 74.2 cm³/mol. The summed E-state index contributed by atoms with van der Waals surface area (Å²) in [6, 6.07) is 12.6. The van der Waals surface area contributed by atoms with Gasteiger partial charge >= 0.3 is 11.9 Å². The summed E-state index contributed by atoms with van der Waals surface area (Å²) in [6.07, 6.45) is 0. The number of carbonyl (C=O) groups is 2. The van der Waals surface area contributed by atoms with Gasteiger partial charge in [0.15, 0.2) is 0 Å². The summed E-state index contributed by atoms with van der Waals surface area (Å²) in [5.74, 6) is -0.190. The number of ether oxygens (including phenoxy) is 2. The Morgan fingerprint density at radius 3 is 2.25 bits per heavy atom. The van der Waals surface area contributed by atoms with E-state index in [-0.39, 0.29) is 0 Å². The van der Waals surface area contributed by atoms with Crippen LogP contribution in [-0.2, 0) is 4.79 Å². The third-order valence-electron chi connectivity index (χ3n) is 2.36. The minimum atomic E-state index is -0.512. The lowest BCUT2D eigenvalue weighted by Gasteiger charge is -2.05. The van der Waals surface area contributed by atoms with Gasteiger partial charge in [-0.25, -0.2) is 4.79 Å². The zero-order chi connectivity index (χ0) is 14.5. The molecular weight excluding hydrogens is 280 g/mol. The van der Waals surface area contributed by atoms with Crippen molar-refractivity contribution in [3.05, 3.63) is 59.1 Å². The van der Waals surface area contributed by atoms with Crippen molar-refractivity contribution in [3.63, 3.8) is 0 Å². The highest BCUT2D eigenvalue weighted by Crippen LogP contribution is 2.19. The summed E-state index contributed by atoms with van der Waals surface area (Å²) in [6.45, 7) is 1.31. The molecule has 2 rings (SSSR count). The second kappa shape index (κ2) is 6.21. The van der Waals surface area contributed by atoms with Gasteiger partial charge in [0.2, 0.25) is 0 Å². The number of halogens is 1. The fourth-order valence-corrected chi connectivity index (χ4v) is 1.70. The van der Waals surface area contributed by atoms with Gasteiger partial charge in [-0.2, -0.15) is 0 Å². The zero-order valence-corrected chi connectivity index (χ0v) is 11.4. The van der Waals surface area contributed by atoms with Gasteiger partial charge in [-0.1, -0.05) is 17.7 Å². The molecule has 0 bridgehead atoms. The number of esters is 2. The van der Waals surface area contributed by atoms with Gasteiger partial charge in [-0.3, -0.25) is 4.79 Å². The lowest BCUT2D eigenvalue weighted by Crippen LogP contribution is -2.08. The van der Waals surface area contributed by atoms with Gasteiger partial charge in [0, 0.05) is 11.9 Å². The number of rotatable bonds is 3. The molecule has 5 heteroatoms. The second-order valence-electron chi connectivity index (χ2n) is 3.96. The van der Waals surface area contributed by atoms with Crippen molar-refractivity contribution >= 4 is 23.5 Å². The highest BCUT2D eigenvalue weighted by molar-refractivity contribution is 6.30. The molecule has 2 aromatic rings. The van der Waals surface area contributed by atoms with Crippen LogP contribution >= 0.6 is 11.6 Å². The number of hydrogen-bond donors (Lipinski definition) is 0. The molecule has 0 N–H and O–H groups in total. The Hall–Kier alpha value is -2.33. The molecule has 0 unspecified atom stereocenters. The first-order valence-electron chi connectivity index (χ1n) is 5.81. The molecule has 0 aliphatic rings. The van der Waals surface area contributed by atoms with E-state index in [4.69, 9.17) is 21.1 Å².